The van der Waals surface area contributed by atoms with Crippen molar-refractivity contribution < 1.29 is 12.6 Å². The standard InChI is InChI=1S/C9H22O3SSi/c1-7-8-9(2,14(4,5)6)13(10,11)12-3/h7-8H2,1-6H3. The first-order valence-corrected chi connectivity index (χ1v) is 9.83. The summed E-state index contributed by atoms with van der Waals surface area (Å²) in [7, 11) is -3.97. The Morgan fingerprint density at radius 2 is 1.71 bits per heavy atom. The van der Waals surface area contributed by atoms with Crippen LogP contribution in [0.25, 0.3) is 0 Å². The van der Waals surface area contributed by atoms with Crippen LogP contribution in [0.3, 0.4) is 0 Å². The molecule has 0 spiro atoms. The van der Waals surface area contributed by atoms with Gasteiger partial charge in [-0.3, -0.25) is 4.18 Å². The molecule has 0 heterocycles. The van der Waals surface area contributed by atoms with Crippen LogP contribution >= 0.6 is 0 Å². The Morgan fingerprint density at radius 1 is 1.29 bits per heavy atom. The highest BCUT2D eigenvalue weighted by molar-refractivity contribution is 7.90. The first-order valence-electron chi connectivity index (χ1n) is 4.92. The molecule has 0 rings (SSSR count). The largest absolute Gasteiger partial charge is 0.273 e. The highest BCUT2D eigenvalue weighted by Crippen LogP contribution is 2.34. The molecular formula is C9H22O3SSi. The van der Waals surface area contributed by atoms with Gasteiger partial charge < -0.3 is 0 Å². The van der Waals surface area contributed by atoms with Crippen molar-refractivity contribution >= 4 is 18.2 Å². The van der Waals surface area contributed by atoms with Gasteiger partial charge in [0, 0.05) is 0 Å². The zero-order valence-electron chi connectivity index (χ0n) is 10.0. The Kier molecular flexibility index (Phi) is 4.36. The molecule has 0 aromatic heterocycles. The quantitative estimate of drug-likeness (QED) is 0.545. The predicted molar refractivity (Wildman–Crippen MR) is 62.6 cm³/mol. The summed E-state index contributed by atoms with van der Waals surface area (Å²) >= 11 is 0. The van der Waals surface area contributed by atoms with E-state index in [1.54, 1.807) is 0 Å². The highest BCUT2D eigenvalue weighted by Gasteiger charge is 2.49. The van der Waals surface area contributed by atoms with Crippen LogP contribution in [0.4, 0.5) is 0 Å². The van der Waals surface area contributed by atoms with Gasteiger partial charge in [0.15, 0.2) is 0 Å². The molecule has 0 radical (unpaired) electrons. The van der Waals surface area contributed by atoms with Crippen LogP contribution in [0.5, 0.6) is 0 Å². The molecule has 0 saturated heterocycles. The van der Waals surface area contributed by atoms with Gasteiger partial charge in [0.2, 0.25) is 0 Å². The second kappa shape index (κ2) is 4.33. The maximum Gasteiger partial charge on any atom is 0.269 e. The highest BCUT2D eigenvalue weighted by atomic mass is 32.2. The first-order chi connectivity index (χ1) is 6.12. The fourth-order valence-electron chi connectivity index (χ4n) is 1.54. The summed E-state index contributed by atoms with van der Waals surface area (Å²) in [4.78, 5) is 0. The minimum absolute atomic E-state index is 0.677. The van der Waals surface area contributed by atoms with Crippen LogP contribution < -0.4 is 0 Å². The fourth-order valence-corrected chi connectivity index (χ4v) is 6.61. The number of hydrogen-bond donors (Lipinski definition) is 0. The topological polar surface area (TPSA) is 43.4 Å². The van der Waals surface area contributed by atoms with E-state index in [9.17, 15) is 8.42 Å². The molecule has 86 valence electrons. The van der Waals surface area contributed by atoms with Crippen molar-refractivity contribution in [3.63, 3.8) is 0 Å². The van der Waals surface area contributed by atoms with Crippen LogP contribution in [0.1, 0.15) is 26.7 Å². The molecule has 0 amide bonds. The maximum absolute atomic E-state index is 11.9. The number of hydrogen-bond acceptors (Lipinski definition) is 3. The average Bonchev–Trinajstić information content (AvgIpc) is 2.02. The lowest BCUT2D eigenvalue weighted by atomic mass is 10.3. The molecule has 0 saturated carbocycles. The smallest absolute Gasteiger partial charge is 0.269 e. The second-order valence-corrected chi connectivity index (χ2v) is 13.0. The molecule has 0 aliphatic carbocycles. The monoisotopic (exact) mass is 238 g/mol. The van der Waals surface area contributed by atoms with E-state index in [1.165, 1.54) is 7.11 Å². The Morgan fingerprint density at radius 3 is 1.93 bits per heavy atom. The molecule has 0 aliphatic rings. The normalized spacial score (nSPS) is 17.9. The molecule has 0 N–H and O–H groups in total. The summed E-state index contributed by atoms with van der Waals surface area (Å²) in [5.74, 6) is 0. The van der Waals surface area contributed by atoms with Crippen LogP contribution in [0.15, 0.2) is 0 Å². The van der Waals surface area contributed by atoms with Crippen molar-refractivity contribution in [1.82, 2.24) is 0 Å². The third kappa shape index (κ3) is 2.38. The molecule has 0 bridgehead atoms. The minimum Gasteiger partial charge on any atom is -0.273 e. The van der Waals surface area contributed by atoms with E-state index >= 15 is 0 Å². The van der Waals surface area contributed by atoms with Gasteiger partial charge >= 0.3 is 0 Å². The van der Waals surface area contributed by atoms with Crippen molar-refractivity contribution in [2.45, 2.75) is 50.7 Å². The zero-order chi connectivity index (χ0) is 11.6. The zero-order valence-corrected chi connectivity index (χ0v) is 11.9. The van der Waals surface area contributed by atoms with Crippen molar-refractivity contribution in [2.24, 2.45) is 0 Å². The van der Waals surface area contributed by atoms with Gasteiger partial charge in [-0.2, -0.15) is 8.42 Å². The predicted octanol–water partition coefficient (Wildman–Crippen LogP) is 2.40. The SMILES string of the molecule is CCCC(C)([Si](C)(C)C)S(=O)(=O)OC. The maximum atomic E-state index is 11.9. The summed E-state index contributed by atoms with van der Waals surface area (Å²) in [6.45, 7) is 10.0. The van der Waals surface area contributed by atoms with Gasteiger partial charge in [-0.05, 0) is 13.3 Å². The average molecular weight is 238 g/mol. The molecule has 3 nitrogen and oxygen atoms in total. The van der Waals surface area contributed by atoms with Crippen LogP contribution in [0.2, 0.25) is 19.6 Å². The van der Waals surface area contributed by atoms with Crippen LogP contribution in [0, 0.1) is 0 Å². The summed E-state index contributed by atoms with van der Waals surface area (Å²) in [5.41, 5.74) is 0. The van der Waals surface area contributed by atoms with E-state index in [-0.39, 0.29) is 0 Å². The van der Waals surface area contributed by atoms with Gasteiger partial charge in [-0.15, -0.1) is 0 Å². The lowest BCUT2D eigenvalue weighted by molar-refractivity contribution is 0.378. The van der Waals surface area contributed by atoms with E-state index < -0.39 is 22.6 Å². The fraction of sp³-hybridized carbons (Fsp3) is 1.00. The molecule has 0 aromatic carbocycles. The van der Waals surface area contributed by atoms with Gasteiger partial charge in [-0.25, -0.2) is 0 Å². The molecule has 5 heteroatoms. The van der Waals surface area contributed by atoms with Crippen molar-refractivity contribution in [3.8, 4) is 0 Å². The Labute approximate surface area is 89.0 Å². The van der Waals surface area contributed by atoms with E-state index in [1.807, 2.05) is 13.8 Å². The Hall–Kier alpha value is 0.127. The van der Waals surface area contributed by atoms with Crippen molar-refractivity contribution in [1.29, 1.82) is 0 Å². The summed E-state index contributed by atoms with van der Waals surface area (Å²) in [6.07, 6.45) is 1.54. The van der Waals surface area contributed by atoms with Gasteiger partial charge in [0.25, 0.3) is 10.1 Å². The summed E-state index contributed by atoms with van der Waals surface area (Å²) in [5, 5.41) is 0. The Balaban J connectivity index is 5.33. The molecule has 0 aromatic rings. The van der Waals surface area contributed by atoms with E-state index in [2.05, 4.69) is 23.8 Å². The summed E-state index contributed by atoms with van der Waals surface area (Å²) in [6, 6.07) is 0. The molecule has 1 unspecified atom stereocenters. The molecule has 1 atom stereocenters. The van der Waals surface area contributed by atoms with Gasteiger partial charge in [0.1, 0.15) is 0 Å². The van der Waals surface area contributed by atoms with Gasteiger partial charge in [-0.1, -0.05) is 33.0 Å². The summed E-state index contributed by atoms with van der Waals surface area (Å²) < 4.78 is 27.8. The lowest BCUT2D eigenvalue weighted by Gasteiger charge is -2.38. The van der Waals surface area contributed by atoms with Crippen LogP contribution in [-0.4, -0.2) is 28.0 Å². The molecular weight excluding hydrogens is 216 g/mol. The Bertz CT molecular complexity index is 279. The lowest BCUT2D eigenvalue weighted by Crippen LogP contribution is -2.55. The molecule has 0 fully saturated rings. The first kappa shape index (κ1) is 14.1. The van der Waals surface area contributed by atoms with Crippen molar-refractivity contribution in [2.75, 3.05) is 7.11 Å². The molecule has 14 heavy (non-hydrogen) atoms. The van der Waals surface area contributed by atoms with E-state index in [0.29, 0.717) is 6.42 Å². The van der Waals surface area contributed by atoms with Gasteiger partial charge in [0.05, 0.1) is 19.6 Å². The minimum atomic E-state index is -3.42. The van der Waals surface area contributed by atoms with E-state index in [4.69, 9.17) is 0 Å². The third-order valence-electron chi connectivity index (χ3n) is 3.08. The second-order valence-electron chi connectivity index (χ2n) is 4.85. The third-order valence-corrected chi connectivity index (χ3v) is 10.8. The number of rotatable bonds is 5. The van der Waals surface area contributed by atoms with E-state index in [0.717, 1.165) is 6.42 Å². The molecule has 0 aliphatic heterocycles. The van der Waals surface area contributed by atoms with Crippen LogP contribution in [-0.2, 0) is 14.3 Å². The van der Waals surface area contributed by atoms with Crippen molar-refractivity contribution in [3.05, 3.63) is 0 Å².